The summed E-state index contributed by atoms with van der Waals surface area (Å²) >= 11 is 0. The molecule has 0 fully saturated rings. The molecular formula is C18H23O3P. The number of aliphatic hydroxyl groups excluding tert-OH is 1. The average Bonchev–Trinajstić information content (AvgIpc) is 2.48. The number of aliphatic hydroxyl groups is 1. The molecule has 0 bridgehead atoms. The lowest BCUT2D eigenvalue weighted by Gasteiger charge is -2.17. The van der Waals surface area contributed by atoms with Gasteiger partial charge in [-0.15, -0.1) is 0 Å². The van der Waals surface area contributed by atoms with Gasteiger partial charge in [-0.1, -0.05) is 50.5 Å². The van der Waals surface area contributed by atoms with Crippen molar-refractivity contribution in [3.05, 3.63) is 53.1 Å². The van der Waals surface area contributed by atoms with Gasteiger partial charge in [0.1, 0.15) is 5.75 Å². The third-order valence-electron chi connectivity index (χ3n) is 3.46. The molecule has 0 radical (unpaired) electrons. The van der Waals surface area contributed by atoms with Crippen molar-refractivity contribution in [3.63, 3.8) is 0 Å². The van der Waals surface area contributed by atoms with E-state index in [0.29, 0.717) is 8.58 Å². The summed E-state index contributed by atoms with van der Waals surface area (Å²) in [5.41, 5.74) is 3.23. The van der Waals surface area contributed by atoms with Gasteiger partial charge >= 0.3 is 0 Å². The fourth-order valence-corrected chi connectivity index (χ4v) is 3.79. The van der Waals surface area contributed by atoms with Crippen molar-refractivity contribution in [1.29, 1.82) is 0 Å². The highest BCUT2D eigenvalue weighted by Crippen LogP contribution is 2.26. The largest absolute Gasteiger partial charge is 0.467 e. The molecule has 2 aromatic carbocycles. The Morgan fingerprint density at radius 3 is 2.59 bits per heavy atom. The van der Waals surface area contributed by atoms with Crippen molar-refractivity contribution in [2.75, 3.05) is 13.9 Å². The summed E-state index contributed by atoms with van der Waals surface area (Å²) in [6.45, 7) is 6.11. The fraction of sp³-hybridized carbons (Fsp3) is 0.333. The summed E-state index contributed by atoms with van der Waals surface area (Å²) in [4.78, 5) is 0. The van der Waals surface area contributed by atoms with Crippen LogP contribution in [0.3, 0.4) is 0 Å². The van der Waals surface area contributed by atoms with Gasteiger partial charge in [0.15, 0.2) is 6.79 Å². The SMILES string of the molecule is COCOc1c(C)cccc1Pc1ccc(C)cc1C(C)O. The Kier molecular flexibility index (Phi) is 5.96. The third-order valence-corrected chi connectivity index (χ3v) is 4.85. The Morgan fingerprint density at radius 1 is 1.14 bits per heavy atom. The Bertz CT molecular complexity index is 638. The van der Waals surface area contributed by atoms with E-state index in [2.05, 4.69) is 24.3 Å². The van der Waals surface area contributed by atoms with Gasteiger partial charge in [0.05, 0.1) is 6.10 Å². The molecule has 0 spiro atoms. The van der Waals surface area contributed by atoms with Crippen LogP contribution in [0.2, 0.25) is 0 Å². The van der Waals surface area contributed by atoms with Crippen LogP contribution in [-0.2, 0) is 4.74 Å². The number of ether oxygens (including phenoxy) is 2. The van der Waals surface area contributed by atoms with Crippen molar-refractivity contribution in [2.45, 2.75) is 26.9 Å². The average molecular weight is 318 g/mol. The minimum atomic E-state index is -0.476. The van der Waals surface area contributed by atoms with Crippen LogP contribution < -0.4 is 15.3 Å². The smallest absolute Gasteiger partial charge is 0.188 e. The molecule has 0 aliphatic heterocycles. The quantitative estimate of drug-likeness (QED) is 0.657. The Balaban J connectivity index is 2.37. The third kappa shape index (κ3) is 4.07. The van der Waals surface area contributed by atoms with E-state index < -0.39 is 6.10 Å². The fourth-order valence-electron chi connectivity index (χ4n) is 2.35. The molecule has 4 heteroatoms. The minimum Gasteiger partial charge on any atom is -0.467 e. The number of hydrogen-bond donors (Lipinski definition) is 1. The van der Waals surface area contributed by atoms with Crippen LogP contribution >= 0.6 is 8.58 Å². The van der Waals surface area contributed by atoms with Gasteiger partial charge in [-0.05, 0) is 37.2 Å². The van der Waals surface area contributed by atoms with E-state index >= 15 is 0 Å². The maximum absolute atomic E-state index is 10.0. The van der Waals surface area contributed by atoms with E-state index in [4.69, 9.17) is 9.47 Å². The van der Waals surface area contributed by atoms with Crippen molar-refractivity contribution < 1.29 is 14.6 Å². The molecule has 0 saturated carbocycles. The molecule has 2 unspecified atom stereocenters. The van der Waals surface area contributed by atoms with Crippen LogP contribution in [0.25, 0.3) is 0 Å². The molecule has 2 aromatic rings. The molecule has 0 saturated heterocycles. The van der Waals surface area contributed by atoms with E-state index in [-0.39, 0.29) is 6.79 Å². The second-order valence-electron chi connectivity index (χ2n) is 5.39. The number of para-hydroxylation sites is 1. The van der Waals surface area contributed by atoms with Crippen molar-refractivity contribution in [2.24, 2.45) is 0 Å². The van der Waals surface area contributed by atoms with Gasteiger partial charge in [-0.3, -0.25) is 0 Å². The maximum atomic E-state index is 10.0. The lowest BCUT2D eigenvalue weighted by Crippen LogP contribution is -2.15. The molecule has 2 atom stereocenters. The molecular weight excluding hydrogens is 295 g/mol. The highest BCUT2D eigenvalue weighted by molar-refractivity contribution is 7.55. The Morgan fingerprint density at radius 2 is 1.91 bits per heavy atom. The summed E-state index contributed by atoms with van der Waals surface area (Å²) in [5, 5.41) is 12.3. The van der Waals surface area contributed by atoms with E-state index in [1.54, 1.807) is 14.0 Å². The predicted molar refractivity (Wildman–Crippen MR) is 93.1 cm³/mol. The highest BCUT2D eigenvalue weighted by Gasteiger charge is 2.13. The Hall–Kier alpha value is -1.41. The minimum absolute atomic E-state index is 0.236. The molecule has 3 nitrogen and oxygen atoms in total. The van der Waals surface area contributed by atoms with Gasteiger partial charge in [0.2, 0.25) is 0 Å². The molecule has 0 aliphatic carbocycles. The van der Waals surface area contributed by atoms with Crippen molar-refractivity contribution >= 4 is 19.2 Å². The zero-order chi connectivity index (χ0) is 16.1. The monoisotopic (exact) mass is 318 g/mol. The molecule has 2 rings (SSSR count). The van der Waals surface area contributed by atoms with Gasteiger partial charge < -0.3 is 14.6 Å². The van der Waals surface area contributed by atoms with Crippen LogP contribution in [0.1, 0.15) is 29.7 Å². The second kappa shape index (κ2) is 7.73. The van der Waals surface area contributed by atoms with E-state index in [0.717, 1.165) is 33.0 Å². The normalized spacial score (nSPS) is 12.8. The molecule has 22 heavy (non-hydrogen) atoms. The molecule has 1 N–H and O–H groups in total. The Labute approximate surface area is 134 Å². The number of benzene rings is 2. The van der Waals surface area contributed by atoms with E-state index in [1.807, 2.05) is 26.0 Å². The molecule has 0 aliphatic rings. The van der Waals surface area contributed by atoms with E-state index in [1.165, 1.54) is 0 Å². The standard InChI is InChI=1S/C18H23O3P/c1-12-8-9-16(15(10-12)14(3)19)22-17-7-5-6-13(2)18(17)21-11-20-4/h5-10,14,19,22H,11H2,1-4H3. The van der Waals surface area contributed by atoms with Crippen LogP contribution in [0, 0.1) is 13.8 Å². The van der Waals surface area contributed by atoms with Gasteiger partial charge in [0, 0.05) is 12.4 Å². The number of aryl methyl sites for hydroxylation is 2. The topological polar surface area (TPSA) is 38.7 Å². The van der Waals surface area contributed by atoms with Crippen LogP contribution in [-0.4, -0.2) is 19.0 Å². The summed E-state index contributed by atoms with van der Waals surface area (Å²) < 4.78 is 10.8. The number of rotatable bonds is 6. The van der Waals surface area contributed by atoms with Crippen LogP contribution in [0.15, 0.2) is 36.4 Å². The molecule has 0 heterocycles. The molecule has 0 amide bonds. The van der Waals surface area contributed by atoms with Gasteiger partial charge in [0.25, 0.3) is 0 Å². The van der Waals surface area contributed by atoms with Crippen molar-refractivity contribution in [3.8, 4) is 5.75 Å². The zero-order valence-corrected chi connectivity index (χ0v) is 14.5. The van der Waals surface area contributed by atoms with Gasteiger partial charge in [-0.2, -0.15) is 0 Å². The molecule has 118 valence electrons. The summed E-state index contributed by atoms with van der Waals surface area (Å²) in [7, 11) is 2.05. The number of methoxy groups -OCH3 is 1. The lowest BCUT2D eigenvalue weighted by atomic mass is 10.1. The maximum Gasteiger partial charge on any atom is 0.188 e. The van der Waals surface area contributed by atoms with E-state index in [9.17, 15) is 5.11 Å². The molecule has 0 aromatic heterocycles. The van der Waals surface area contributed by atoms with Crippen LogP contribution in [0.5, 0.6) is 5.75 Å². The first-order chi connectivity index (χ1) is 10.5. The number of hydrogen-bond acceptors (Lipinski definition) is 3. The van der Waals surface area contributed by atoms with Gasteiger partial charge in [-0.25, -0.2) is 0 Å². The first-order valence-electron chi connectivity index (χ1n) is 7.30. The lowest BCUT2D eigenvalue weighted by molar-refractivity contribution is 0.0514. The summed E-state index contributed by atoms with van der Waals surface area (Å²) in [6.07, 6.45) is -0.476. The van der Waals surface area contributed by atoms with Crippen LogP contribution in [0.4, 0.5) is 0 Å². The first-order valence-corrected chi connectivity index (χ1v) is 8.30. The summed E-state index contributed by atoms with van der Waals surface area (Å²) in [5.74, 6) is 0.875. The second-order valence-corrected chi connectivity index (χ2v) is 6.72. The van der Waals surface area contributed by atoms with Crippen molar-refractivity contribution in [1.82, 2.24) is 0 Å². The zero-order valence-electron chi connectivity index (χ0n) is 13.5. The predicted octanol–water partition coefficient (Wildman–Crippen LogP) is 2.97. The first kappa shape index (κ1) is 17.0. The summed E-state index contributed by atoms with van der Waals surface area (Å²) in [6, 6.07) is 12.4. The highest BCUT2D eigenvalue weighted by atomic mass is 31.1.